The standard InChI is InChI=1S/C21H24ClFN6O/c1-12(2)6-18(30)29-5-3-4-14(11-29)27-21-17(23)10-26-20(28-21)16-9-25-19-15(16)7-13(22)8-24-19/h7-10,12,14H,3-6,11H2,1-2H3,(H,24,25)(H,26,27,28). The zero-order valence-electron chi connectivity index (χ0n) is 17.0. The highest BCUT2D eigenvalue weighted by molar-refractivity contribution is 6.31. The Morgan fingerprint density at radius 3 is 3.03 bits per heavy atom. The largest absolute Gasteiger partial charge is 0.363 e. The molecule has 0 radical (unpaired) electrons. The Hall–Kier alpha value is -2.74. The number of carbonyl (C=O) groups is 1. The SMILES string of the molecule is CC(C)CC(=O)N1CCCC(Nc2nc(-c3c[nH]c4ncc(Cl)cc34)ncc2F)C1. The van der Waals surface area contributed by atoms with Crippen molar-refractivity contribution in [3.63, 3.8) is 0 Å². The first kappa shape index (κ1) is 20.5. The van der Waals surface area contributed by atoms with E-state index in [-0.39, 0.29) is 17.8 Å². The van der Waals surface area contributed by atoms with E-state index in [1.165, 1.54) is 0 Å². The Balaban J connectivity index is 1.55. The van der Waals surface area contributed by atoms with Gasteiger partial charge in [0.2, 0.25) is 5.91 Å². The van der Waals surface area contributed by atoms with Crippen molar-refractivity contribution >= 4 is 34.4 Å². The average molecular weight is 431 g/mol. The fraction of sp³-hybridized carbons (Fsp3) is 0.429. The normalized spacial score (nSPS) is 17.0. The van der Waals surface area contributed by atoms with Gasteiger partial charge in [0.15, 0.2) is 17.5 Å². The number of rotatable bonds is 5. The van der Waals surface area contributed by atoms with Gasteiger partial charge >= 0.3 is 0 Å². The summed E-state index contributed by atoms with van der Waals surface area (Å²) >= 11 is 6.07. The highest BCUT2D eigenvalue weighted by atomic mass is 35.5. The van der Waals surface area contributed by atoms with E-state index >= 15 is 0 Å². The summed E-state index contributed by atoms with van der Waals surface area (Å²) in [6.07, 6.45) is 6.68. The molecule has 1 aliphatic heterocycles. The molecule has 3 aromatic rings. The van der Waals surface area contributed by atoms with Gasteiger partial charge in [-0.05, 0) is 24.8 Å². The lowest BCUT2D eigenvalue weighted by atomic mass is 10.0. The number of halogens is 2. The summed E-state index contributed by atoms with van der Waals surface area (Å²) in [5.41, 5.74) is 1.35. The molecule has 1 amide bonds. The lowest BCUT2D eigenvalue weighted by Gasteiger charge is -2.34. The average Bonchev–Trinajstić information content (AvgIpc) is 3.12. The van der Waals surface area contributed by atoms with Crippen molar-refractivity contribution in [2.75, 3.05) is 18.4 Å². The molecular weight excluding hydrogens is 407 g/mol. The van der Waals surface area contributed by atoms with Crippen LogP contribution in [0.5, 0.6) is 0 Å². The number of nitrogens with one attached hydrogen (secondary N) is 2. The first-order valence-corrected chi connectivity index (χ1v) is 10.5. The second kappa shape index (κ2) is 8.55. The van der Waals surface area contributed by atoms with Crippen molar-refractivity contribution in [3.8, 4) is 11.4 Å². The van der Waals surface area contributed by atoms with Crippen LogP contribution in [0, 0.1) is 11.7 Å². The summed E-state index contributed by atoms with van der Waals surface area (Å²) in [5, 5.41) is 4.44. The number of nitrogens with zero attached hydrogens (tertiary/aromatic N) is 4. The van der Waals surface area contributed by atoms with Gasteiger partial charge in [-0.2, -0.15) is 0 Å². The Labute approximate surface area is 179 Å². The molecule has 0 spiro atoms. The van der Waals surface area contributed by atoms with Gasteiger partial charge in [0.25, 0.3) is 0 Å². The van der Waals surface area contributed by atoms with Crippen LogP contribution in [0.25, 0.3) is 22.4 Å². The maximum atomic E-state index is 14.5. The van der Waals surface area contributed by atoms with Crippen molar-refractivity contribution in [3.05, 3.63) is 35.5 Å². The van der Waals surface area contributed by atoms with Crippen molar-refractivity contribution in [1.82, 2.24) is 24.8 Å². The Kier molecular flexibility index (Phi) is 5.85. The minimum Gasteiger partial charge on any atom is -0.363 e. The van der Waals surface area contributed by atoms with Crippen LogP contribution in [0.15, 0.2) is 24.7 Å². The Morgan fingerprint density at radius 1 is 1.40 bits per heavy atom. The molecule has 158 valence electrons. The van der Waals surface area contributed by atoms with Crippen LogP contribution < -0.4 is 5.32 Å². The molecule has 1 aliphatic rings. The van der Waals surface area contributed by atoms with Gasteiger partial charge < -0.3 is 15.2 Å². The molecule has 1 unspecified atom stereocenters. The van der Waals surface area contributed by atoms with Crippen LogP contribution in [0.1, 0.15) is 33.1 Å². The second-order valence-corrected chi connectivity index (χ2v) is 8.50. The van der Waals surface area contributed by atoms with E-state index in [4.69, 9.17) is 11.6 Å². The fourth-order valence-corrected chi connectivity index (χ4v) is 3.91. The van der Waals surface area contributed by atoms with E-state index < -0.39 is 5.82 Å². The number of aromatic nitrogens is 4. The number of fused-ring (bicyclic) bond motifs is 1. The third kappa shape index (κ3) is 4.38. The minimum absolute atomic E-state index is 0.0637. The summed E-state index contributed by atoms with van der Waals surface area (Å²) in [7, 11) is 0. The van der Waals surface area contributed by atoms with Crippen molar-refractivity contribution < 1.29 is 9.18 Å². The molecule has 0 aromatic carbocycles. The first-order chi connectivity index (χ1) is 14.4. The third-order valence-electron chi connectivity index (χ3n) is 5.18. The Morgan fingerprint density at radius 2 is 2.23 bits per heavy atom. The Bertz CT molecular complexity index is 1070. The summed E-state index contributed by atoms with van der Waals surface area (Å²) in [6, 6.07) is 1.71. The van der Waals surface area contributed by atoms with Crippen LogP contribution in [-0.2, 0) is 4.79 Å². The quantitative estimate of drug-likeness (QED) is 0.631. The summed E-state index contributed by atoms with van der Waals surface area (Å²) < 4.78 is 14.5. The number of hydrogen-bond donors (Lipinski definition) is 2. The number of anilines is 1. The zero-order valence-corrected chi connectivity index (χ0v) is 17.7. The van der Waals surface area contributed by atoms with E-state index in [0.717, 1.165) is 31.0 Å². The molecule has 3 aromatic heterocycles. The van der Waals surface area contributed by atoms with Crippen molar-refractivity contribution in [2.45, 2.75) is 39.2 Å². The molecular formula is C21H24ClFN6O. The monoisotopic (exact) mass is 430 g/mol. The topological polar surface area (TPSA) is 86.8 Å². The van der Waals surface area contributed by atoms with E-state index in [1.54, 1.807) is 18.5 Å². The summed E-state index contributed by atoms with van der Waals surface area (Å²) in [6.45, 7) is 5.34. The molecule has 1 fully saturated rings. The van der Waals surface area contributed by atoms with Crippen molar-refractivity contribution in [2.24, 2.45) is 5.92 Å². The predicted molar refractivity (Wildman–Crippen MR) is 115 cm³/mol. The molecule has 0 saturated carbocycles. The van der Waals surface area contributed by atoms with Crippen LogP contribution in [0.4, 0.5) is 10.2 Å². The molecule has 2 N–H and O–H groups in total. The highest BCUT2D eigenvalue weighted by Crippen LogP contribution is 2.28. The van der Waals surface area contributed by atoms with E-state index in [0.29, 0.717) is 40.9 Å². The number of pyridine rings is 1. The maximum absolute atomic E-state index is 14.5. The highest BCUT2D eigenvalue weighted by Gasteiger charge is 2.25. The number of H-pyrrole nitrogens is 1. The van der Waals surface area contributed by atoms with E-state index in [2.05, 4.69) is 25.3 Å². The van der Waals surface area contributed by atoms with Gasteiger partial charge in [-0.1, -0.05) is 25.4 Å². The van der Waals surface area contributed by atoms with Crippen molar-refractivity contribution in [1.29, 1.82) is 0 Å². The smallest absolute Gasteiger partial charge is 0.222 e. The molecule has 9 heteroatoms. The van der Waals surface area contributed by atoms with Gasteiger partial charge in [-0.15, -0.1) is 0 Å². The van der Waals surface area contributed by atoms with Gasteiger partial charge in [0.05, 0.1) is 11.2 Å². The molecule has 4 rings (SSSR count). The number of amides is 1. The van der Waals surface area contributed by atoms with Crippen LogP contribution in [-0.4, -0.2) is 49.9 Å². The molecule has 0 aliphatic carbocycles. The van der Waals surface area contributed by atoms with E-state index in [9.17, 15) is 9.18 Å². The van der Waals surface area contributed by atoms with E-state index in [1.807, 2.05) is 18.7 Å². The van der Waals surface area contributed by atoms with Gasteiger partial charge in [-0.25, -0.2) is 19.3 Å². The summed E-state index contributed by atoms with van der Waals surface area (Å²) in [5.74, 6) is 0.432. The molecule has 30 heavy (non-hydrogen) atoms. The predicted octanol–water partition coefficient (Wildman–Crippen LogP) is 4.26. The number of carbonyl (C=O) groups excluding carboxylic acids is 1. The zero-order chi connectivity index (χ0) is 21.3. The fourth-order valence-electron chi connectivity index (χ4n) is 3.75. The van der Waals surface area contributed by atoms with Crippen LogP contribution >= 0.6 is 11.6 Å². The molecule has 7 nitrogen and oxygen atoms in total. The number of aromatic amines is 1. The lowest BCUT2D eigenvalue weighted by molar-refractivity contribution is -0.133. The lowest BCUT2D eigenvalue weighted by Crippen LogP contribution is -2.45. The second-order valence-electron chi connectivity index (χ2n) is 8.06. The van der Waals surface area contributed by atoms with Gasteiger partial charge in [0.1, 0.15) is 5.65 Å². The van der Waals surface area contributed by atoms with Crippen LogP contribution in [0.2, 0.25) is 5.02 Å². The molecule has 0 bridgehead atoms. The number of hydrogen-bond acceptors (Lipinski definition) is 5. The summed E-state index contributed by atoms with van der Waals surface area (Å²) in [4.78, 5) is 30.1. The number of likely N-dealkylation sites (tertiary alicyclic amines) is 1. The number of piperidine rings is 1. The first-order valence-electron chi connectivity index (χ1n) is 10.1. The molecule has 4 heterocycles. The molecule has 1 atom stereocenters. The minimum atomic E-state index is -0.527. The third-order valence-corrected chi connectivity index (χ3v) is 5.39. The van der Waals surface area contributed by atoms with Gasteiger partial charge in [-0.3, -0.25) is 4.79 Å². The molecule has 1 saturated heterocycles. The van der Waals surface area contributed by atoms with Crippen LogP contribution in [0.3, 0.4) is 0 Å². The maximum Gasteiger partial charge on any atom is 0.222 e. The van der Waals surface area contributed by atoms with Gasteiger partial charge in [0, 0.05) is 48.9 Å².